The molecule has 3 amide bonds. The Balaban J connectivity index is 1.41. The second-order valence-electron chi connectivity index (χ2n) is 6.39. The maximum atomic E-state index is 12.4. The number of H-pyrrole nitrogens is 1. The van der Waals surface area contributed by atoms with Crippen molar-refractivity contribution < 1.29 is 14.4 Å². The second kappa shape index (κ2) is 6.95. The molecule has 2 aromatic carbocycles. The third-order valence-corrected chi connectivity index (χ3v) is 4.58. The summed E-state index contributed by atoms with van der Waals surface area (Å²) in [5.41, 5.74) is 2.53. The Kier molecular flexibility index (Phi) is 4.33. The number of aromatic nitrogens is 1. The van der Waals surface area contributed by atoms with E-state index in [4.69, 9.17) is 0 Å². The van der Waals surface area contributed by atoms with Gasteiger partial charge in [0.15, 0.2) is 0 Å². The normalized spacial score (nSPS) is 16.2. The fourth-order valence-corrected chi connectivity index (χ4v) is 3.20. The molecule has 0 saturated heterocycles. The lowest BCUT2D eigenvalue weighted by atomic mass is 10.1. The first kappa shape index (κ1) is 16.8. The van der Waals surface area contributed by atoms with Crippen LogP contribution in [0.4, 0.5) is 11.4 Å². The fraction of sp³-hybridized carbons (Fsp3) is 0.150. The number of carbonyl (C=O) groups is 3. The first-order valence-corrected chi connectivity index (χ1v) is 8.68. The molecule has 1 aliphatic heterocycles. The summed E-state index contributed by atoms with van der Waals surface area (Å²) in [7, 11) is 0. The van der Waals surface area contributed by atoms with Crippen LogP contribution in [0, 0.1) is 0 Å². The molecule has 0 aliphatic carbocycles. The van der Waals surface area contributed by atoms with E-state index in [0.717, 1.165) is 10.9 Å². The van der Waals surface area contributed by atoms with Crippen LogP contribution < -0.4 is 16.0 Å². The average Bonchev–Trinajstić information content (AvgIpc) is 3.10. The van der Waals surface area contributed by atoms with E-state index in [0.29, 0.717) is 16.9 Å². The van der Waals surface area contributed by atoms with Gasteiger partial charge in [-0.2, -0.15) is 0 Å². The summed E-state index contributed by atoms with van der Waals surface area (Å²) in [4.78, 5) is 40.1. The van der Waals surface area contributed by atoms with E-state index in [1.54, 1.807) is 24.3 Å². The largest absolute Gasteiger partial charge is 0.361 e. The summed E-state index contributed by atoms with van der Waals surface area (Å²) in [6.07, 6.45) is 2.12. The topological polar surface area (TPSA) is 103 Å². The Labute approximate surface area is 155 Å². The standard InChI is InChI=1S/C20H18N4O3/c25-18(22-15-7-3-6-14-12(15)10-11-21-14)9-8-17-20(27)23-16-5-2-1-4-13(16)19(26)24-17/h1-7,10-11,17,21H,8-9H2,(H,22,25)(H,23,27)(H,24,26). The Morgan fingerprint density at radius 2 is 1.89 bits per heavy atom. The smallest absolute Gasteiger partial charge is 0.254 e. The van der Waals surface area contributed by atoms with Crippen LogP contribution in [0.3, 0.4) is 0 Å². The van der Waals surface area contributed by atoms with Crippen molar-refractivity contribution >= 4 is 40.0 Å². The molecule has 1 unspecified atom stereocenters. The third-order valence-electron chi connectivity index (χ3n) is 4.58. The predicted molar refractivity (Wildman–Crippen MR) is 102 cm³/mol. The second-order valence-corrected chi connectivity index (χ2v) is 6.39. The quantitative estimate of drug-likeness (QED) is 0.574. The van der Waals surface area contributed by atoms with Gasteiger partial charge in [-0.25, -0.2) is 0 Å². The van der Waals surface area contributed by atoms with Gasteiger partial charge in [-0.15, -0.1) is 0 Å². The molecule has 136 valence electrons. The number of para-hydroxylation sites is 1. The van der Waals surface area contributed by atoms with E-state index in [1.807, 2.05) is 30.5 Å². The number of anilines is 2. The van der Waals surface area contributed by atoms with Gasteiger partial charge in [-0.05, 0) is 36.8 Å². The molecular weight excluding hydrogens is 344 g/mol. The van der Waals surface area contributed by atoms with E-state index in [2.05, 4.69) is 20.9 Å². The van der Waals surface area contributed by atoms with Crippen LogP contribution in [0.25, 0.3) is 10.9 Å². The maximum Gasteiger partial charge on any atom is 0.254 e. The van der Waals surface area contributed by atoms with Crippen molar-refractivity contribution in [3.8, 4) is 0 Å². The van der Waals surface area contributed by atoms with Crippen molar-refractivity contribution in [1.29, 1.82) is 0 Å². The monoisotopic (exact) mass is 362 g/mol. The average molecular weight is 362 g/mol. The first-order chi connectivity index (χ1) is 13.1. The van der Waals surface area contributed by atoms with Gasteiger partial charge in [0.1, 0.15) is 6.04 Å². The van der Waals surface area contributed by atoms with Gasteiger partial charge in [-0.1, -0.05) is 18.2 Å². The SMILES string of the molecule is O=C(CCC1NC(=O)c2ccccc2NC1=O)Nc1cccc2[nH]ccc12. The summed E-state index contributed by atoms with van der Waals surface area (Å²) in [6, 6.07) is 13.5. The molecule has 0 spiro atoms. The van der Waals surface area contributed by atoms with Crippen molar-refractivity contribution in [2.45, 2.75) is 18.9 Å². The van der Waals surface area contributed by atoms with Gasteiger partial charge in [0.05, 0.1) is 16.9 Å². The highest BCUT2D eigenvalue weighted by molar-refractivity contribution is 6.10. The number of hydrogen-bond donors (Lipinski definition) is 4. The number of benzene rings is 2. The van der Waals surface area contributed by atoms with Crippen molar-refractivity contribution in [3.63, 3.8) is 0 Å². The highest BCUT2D eigenvalue weighted by atomic mass is 16.2. The van der Waals surface area contributed by atoms with E-state index < -0.39 is 6.04 Å². The molecule has 4 rings (SSSR count). The van der Waals surface area contributed by atoms with Crippen molar-refractivity contribution in [2.24, 2.45) is 0 Å². The van der Waals surface area contributed by atoms with Gasteiger partial charge in [0, 0.05) is 23.5 Å². The predicted octanol–water partition coefficient (Wildman–Crippen LogP) is 2.64. The van der Waals surface area contributed by atoms with E-state index in [-0.39, 0.29) is 30.6 Å². The highest BCUT2D eigenvalue weighted by Gasteiger charge is 2.27. The zero-order valence-electron chi connectivity index (χ0n) is 14.4. The van der Waals surface area contributed by atoms with Crippen LogP contribution in [0.2, 0.25) is 0 Å². The molecule has 0 saturated carbocycles. The molecular formula is C20H18N4O3. The van der Waals surface area contributed by atoms with Crippen molar-refractivity contribution in [1.82, 2.24) is 10.3 Å². The molecule has 4 N–H and O–H groups in total. The van der Waals surface area contributed by atoms with Crippen LogP contribution >= 0.6 is 0 Å². The van der Waals surface area contributed by atoms with Crippen molar-refractivity contribution in [2.75, 3.05) is 10.6 Å². The Hall–Kier alpha value is -3.61. The minimum atomic E-state index is -0.765. The van der Waals surface area contributed by atoms with Gasteiger partial charge >= 0.3 is 0 Å². The first-order valence-electron chi connectivity index (χ1n) is 8.68. The summed E-state index contributed by atoms with van der Waals surface area (Å²) in [5, 5.41) is 9.22. The van der Waals surface area contributed by atoms with Crippen LogP contribution in [-0.2, 0) is 9.59 Å². The van der Waals surface area contributed by atoms with E-state index >= 15 is 0 Å². The van der Waals surface area contributed by atoms with Crippen molar-refractivity contribution in [3.05, 3.63) is 60.3 Å². The number of amides is 3. The molecule has 1 aliphatic rings. The van der Waals surface area contributed by atoms with Crippen LogP contribution in [0.15, 0.2) is 54.7 Å². The summed E-state index contributed by atoms with van der Waals surface area (Å²) in [6.45, 7) is 0. The third kappa shape index (κ3) is 3.39. The number of nitrogens with one attached hydrogen (secondary N) is 4. The molecule has 7 nitrogen and oxygen atoms in total. The fourth-order valence-electron chi connectivity index (χ4n) is 3.20. The molecule has 1 aromatic heterocycles. The number of fused-ring (bicyclic) bond motifs is 2. The summed E-state index contributed by atoms with van der Waals surface area (Å²) >= 11 is 0. The van der Waals surface area contributed by atoms with Crippen LogP contribution in [0.5, 0.6) is 0 Å². The summed E-state index contributed by atoms with van der Waals surface area (Å²) < 4.78 is 0. The maximum absolute atomic E-state index is 12.4. The summed E-state index contributed by atoms with van der Waals surface area (Å²) in [5.74, 6) is -0.868. The zero-order chi connectivity index (χ0) is 18.8. The lowest BCUT2D eigenvalue weighted by molar-refractivity contribution is -0.118. The lowest BCUT2D eigenvalue weighted by Crippen LogP contribution is -2.41. The van der Waals surface area contributed by atoms with Crippen LogP contribution in [0.1, 0.15) is 23.2 Å². The molecule has 0 fully saturated rings. The Bertz CT molecular complexity index is 1040. The molecule has 27 heavy (non-hydrogen) atoms. The van der Waals surface area contributed by atoms with E-state index in [9.17, 15) is 14.4 Å². The van der Waals surface area contributed by atoms with Gasteiger partial charge < -0.3 is 20.9 Å². The molecule has 0 radical (unpaired) electrons. The molecule has 1 atom stereocenters. The number of aromatic amines is 1. The highest BCUT2D eigenvalue weighted by Crippen LogP contribution is 2.23. The Morgan fingerprint density at radius 3 is 2.78 bits per heavy atom. The van der Waals surface area contributed by atoms with Gasteiger partial charge in [0.2, 0.25) is 11.8 Å². The minimum Gasteiger partial charge on any atom is -0.361 e. The minimum absolute atomic E-state index is 0.107. The van der Waals surface area contributed by atoms with Gasteiger partial charge in [-0.3, -0.25) is 14.4 Å². The molecule has 0 bridgehead atoms. The van der Waals surface area contributed by atoms with Crippen LogP contribution in [-0.4, -0.2) is 28.7 Å². The molecule has 3 aromatic rings. The molecule has 2 heterocycles. The number of carbonyl (C=O) groups excluding carboxylic acids is 3. The Morgan fingerprint density at radius 1 is 1.04 bits per heavy atom. The van der Waals surface area contributed by atoms with E-state index in [1.165, 1.54) is 0 Å². The zero-order valence-corrected chi connectivity index (χ0v) is 14.4. The number of rotatable bonds is 4. The lowest BCUT2D eigenvalue weighted by Gasteiger charge is -2.14. The number of hydrogen-bond acceptors (Lipinski definition) is 3. The molecule has 7 heteroatoms. The van der Waals surface area contributed by atoms with Gasteiger partial charge in [0.25, 0.3) is 5.91 Å².